The van der Waals surface area contributed by atoms with E-state index in [2.05, 4.69) is 24.0 Å². The number of aliphatic carboxylic acids is 1. The first-order valence-corrected chi connectivity index (χ1v) is 6.22. The minimum Gasteiger partial charge on any atom is -0.481 e. The molecule has 1 aromatic carbocycles. The SMILES string of the molecule is CCN1CCc2c(C(C)CC(=O)O)cccc21. The van der Waals surface area contributed by atoms with Crippen LogP contribution in [0.25, 0.3) is 0 Å². The number of carboxylic acid groups (broad SMARTS) is 1. The Bertz CT molecular complexity index is 428. The van der Waals surface area contributed by atoms with E-state index >= 15 is 0 Å². The van der Waals surface area contributed by atoms with E-state index in [1.165, 1.54) is 16.8 Å². The van der Waals surface area contributed by atoms with Gasteiger partial charge in [-0.3, -0.25) is 4.79 Å². The van der Waals surface area contributed by atoms with E-state index < -0.39 is 5.97 Å². The number of nitrogens with zero attached hydrogens (tertiary/aromatic N) is 1. The molecule has 0 spiro atoms. The third-order valence-corrected chi connectivity index (χ3v) is 3.55. The van der Waals surface area contributed by atoms with E-state index in [4.69, 9.17) is 5.11 Å². The van der Waals surface area contributed by atoms with Crippen molar-refractivity contribution in [2.75, 3.05) is 18.0 Å². The first kappa shape index (κ1) is 12.0. The summed E-state index contributed by atoms with van der Waals surface area (Å²) in [4.78, 5) is 13.1. The number of hydrogen-bond acceptors (Lipinski definition) is 2. The molecule has 1 atom stereocenters. The average Bonchev–Trinajstić information content (AvgIpc) is 2.70. The number of carboxylic acids is 1. The number of benzene rings is 1. The van der Waals surface area contributed by atoms with Crippen molar-refractivity contribution in [2.24, 2.45) is 0 Å². The van der Waals surface area contributed by atoms with E-state index in [-0.39, 0.29) is 12.3 Å². The Morgan fingerprint density at radius 2 is 2.29 bits per heavy atom. The van der Waals surface area contributed by atoms with Crippen molar-refractivity contribution in [1.82, 2.24) is 0 Å². The van der Waals surface area contributed by atoms with Gasteiger partial charge in [-0.2, -0.15) is 0 Å². The Balaban J connectivity index is 2.31. The van der Waals surface area contributed by atoms with Gasteiger partial charge in [0.25, 0.3) is 0 Å². The summed E-state index contributed by atoms with van der Waals surface area (Å²) in [5.74, 6) is -0.625. The molecule has 1 aliphatic rings. The van der Waals surface area contributed by atoms with Crippen molar-refractivity contribution < 1.29 is 9.90 Å². The van der Waals surface area contributed by atoms with Crippen molar-refractivity contribution in [3.63, 3.8) is 0 Å². The van der Waals surface area contributed by atoms with Crippen molar-refractivity contribution in [3.05, 3.63) is 29.3 Å². The van der Waals surface area contributed by atoms with Crippen LogP contribution in [0.3, 0.4) is 0 Å². The smallest absolute Gasteiger partial charge is 0.303 e. The molecule has 0 saturated carbocycles. The van der Waals surface area contributed by atoms with Crippen LogP contribution in [0.4, 0.5) is 5.69 Å². The second kappa shape index (κ2) is 4.78. The maximum absolute atomic E-state index is 10.8. The fraction of sp³-hybridized carbons (Fsp3) is 0.500. The third kappa shape index (κ3) is 2.28. The maximum Gasteiger partial charge on any atom is 0.303 e. The first-order valence-electron chi connectivity index (χ1n) is 6.22. The highest BCUT2D eigenvalue weighted by atomic mass is 16.4. The van der Waals surface area contributed by atoms with Gasteiger partial charge in [0.05, 0.1) is 6.42 Å². The van der Waals surface area contributed by atoms with E-state index in [0.717, 1.165) is 19.5 Å². The van der Waals surface area contributed by atoms with Crippen LogP contribution < -0.4 is 4.90 Å². The minimum atomic E-state index is -0.722. The first-order chi connectivity index (χ1) is 8.13. The normalized spacial score (nSPS) is 15.8. The van der Waals surface area contributed by atoms with Crippen LogP contribution in [0.1, 0.15) is 37.3 Å². The van der Waals surface area contributed by atoms with E-state index in [1.807, 2.05) is 13.0 Å². The summed E-state index contributed by atoms with van der Waals surface area (Å²) < 4.78 is 0. The van der Waals surface area contributed by atoms with Gasteiger partial charge < -0.3 is 10.0 Å². The molecule has 0 aliphatic carbocycles. The lowest BCUT2D eigenvalue weighted by Crippen LogP contribution is -2.18. The Labute approximate surface area is 102 Å². The molecule has 1 N–H and O–H groups in total. The summed E-state index contributed by atoms with van der Waals surface area (Å²) >= 11 is 0. The zero-order valence-corrected chi connectivity index (χ0v) is 10.4. The monoisotopic (exact) mass is 233 g/mol. The molecule has 0 fully saturated rings. The number of hydrogen-bond donors (Lipinski definition) is 1. The third-order valence-electron chi connectivity index (χ3n) is 3.55. The molecule has 1 heterocycles. The van der Waals surface area contributed by atoms with Crippen molar-refractivity contribution in [1.29, 1.82) is 0 Å². The predicted molar refractivity (Wildman–Crippen MR) is 68.7 cm³/mol. The minimum absolute atomic E-state index is 0.0965. The van der Waals surface area contributed by atoms with Gasteiger partial charge >= 0.3 is 5.97 Å². The number of rotatable bonds is 4. The van der Waals surface area contributed by atoms with Gasteiger partial charge in [-0.15, -0.1) is 0 Å². The summed E-state index contributed by atoms with van der Waals surface area (Å²) in [5, 5.41) is 8.88. The van der Waals surface area contributed by atoms with Crippen LogP contribution in [-0.4, -0.2) is 24.2 Å². The van der Waals surface area contributed by atoms with Gasteiger partial charge in [0, 0.05) is 18.8 Å². The van der Waals surface area contributed by atoms with Gasteiger partial charge in [-0.05, 0) is 36.5 Å². The van der Waals surface area contributed by atoms with Gasteiger partial charge in [-0.1, -0.05) is 19.1 Å². The zero-order chi connectivity index (χ0) is 12.4. The van der Waals surface area contributed by atoms with E-state index in [1.54, 1.807) is 0 Å². The lowest BCUT2D eigenvalue weighted by Gasteiger charge is -2.18. The Morgan fingerprint density at radius 3 is 2.94 bits per heavy atom. The molecule has 2 rings (SSSR count). The lowest BCUT2D eigenvalue weighted by atomic mass is 9.92. The summed E-state index contributed by atoms with van der Waals surface area (Å²) in [6.07, 6.45) is 1.26. The number of carbonyl (C=O) groups is 1. The maximum atomic E-state index is 10.8. The fourth-order valence-electron chi connectivity index (χ4n) is 2.69. The largest absolute Gasteiger partial charge is 0.481 e. The van der Waals surface area contributed by atoms with Crippen molar-refractivity contribution >= 4 is 11.7 Å². The number of anilines is 1. The number of fused-ring (bicyclic) bond motifs is 1. The number of likely N-dealkylation sites (N-methyl/N-ethyl adjacent to an activating group) is 1. The van der Waals surface area contributed by atoms with Gasteiger partial charge in [0.1, 0.15) is 0 Å². The zero-order valence-electron chi connectivity index (χ0n) is 10.4. The highest BCUT2D eigenvalue weighted by Gasteiger charge is 2.23. The molecule has 1 aromatic rings. The molecule has 17 heavy (non-hydrogen) atoms. The summed E-state index contributed by atoms with van der Waals surface area (Å²) in [7, 11) is 0. The van der Waals surface area contributed by atoms with Crippen LogP contribution in [-0.2, 0) is 11.2 Å². The molecule has 0 radical (unpaired) electrons. The van der Waals surface area contributed by atoms with Crippen molar-refractivity contribution in [2.45, 2.75) is 32.6 Å². The Hall–Kier alpha value is -1.51. The molecule has 92 valence electrons. The van der Waals surface area contributed by atoms with Gasteiger partial charge in [0.2, 0.25) is 0 Å². The highest BCUT2D eigenvalue weighted by molar-refractivity contribution is 5.69. The average molecular weight is 233 g/mol. The molecule has 3 heteroatoms. The fourth-order valence-corrected chi connectivity index (χ4v) is 2.69. The van der Waals surface area contributed by atoms with E-state index in [9.17, 15) is 4.79 Å². The molecular weight excluding hydrogens is 214 g/mol. The molecule has 0 bridgehead atoms. The van der Waals surface area contributed by atoms with Crippen LogP contribution in [0.2, 0.25) is 0 Å². The predicted octanol–water partition coefficient (Wildman–Crippen LogP) is 2.65. The Kier molecular flexibility index (Phi) is 3.36. The second-order valence-corrected chi connectivity index (χ2v) is 4.67. The topological polar surface area (TPSA) is 40.5 Å². The quantitative estimate of drug-likeness (QED) is 0.869. The molecule has 1 aliphatic heterocycles. The van der Waals surface area contributed by atoms with Gasteiger partial charge in [-0.25, -0.2) is 0 Å². The molecule has 0 saturated heterocycles. The molecular formula is C14H19NO2. The summed E-state index contributed by atoms with van der Waals surface area (Å²) in [6.45, 7) is 6.23. The van der Waals surface area contributed by atoms with Gasteiger partial charge in [0.15, 0.2) is 0 Å². The summed E-state index contributed by atoms with van der Waals surface area (Å²) in [6, 6.07) is 6.26. The molecule has 0 amide bonds. The lowest BCUT2D eigenvalue weighted by molar-refractivity contribution is -0.137. The van der Waals surface area contributed by atoms with E-state index in [0.29, 0.717) is 0 Å². The standard InChI is InChI=1S/C14H19NO2/c1-3-15-8-7-12-11(5-4-6-13(12)15)10(2)9-14(16)17/h4-6,10H,3,7-9H2,1-2H3,(H,16,17). The molecule has 3 nitrogen and oxygen atoms in total. The highest BCUT2D eigenvalue weighted by Crippen LogP contribution is 2.34. The van der Waals surface area contributed by atoms with Crippen LogP contribution >= 0.6 is 0 Å². The molecule has 1 unspecified atom stereocenters. The second-order valence-electron chi connectivity index (χ2n) is 4.67. The van der Waals surface area contributed by atoms with Crippen LogP contribution in [0, 0.1) is 0 Å². The van der Waals surface area contributed by atoms with Crippen LogP contribution in [0.5, 0.6) is 0 Å². The van der Waals surface area contributed by atoms with Crippen LogP contribution in [0.15, 0.2) is 18.2 Å². The summed E-state index contributed by atoms with van der Waals surface area (Å²) in [5.41, 5.74) is 3.85. The van der Waals surface area contributed by atoms with Crippen molar-refractivity contribution in [3.8, 4) is 0 Å². The Morgan fingerprint density at radius 1 is 1.53 bits per heavy atom. The molecule has 0 aromatic heterocycles.